The van der Waals surface area contributed by atoms with Crippen LogP contribution in [-0.4, -0.2) is 23.7 Å². The number of rotatable bonds is 3. The number of hydrogen-bond acceptors (Lipinski definition) is 4. The van der Waals surface area contributed by atoms with Crippen LogP contribution >= 0.6 is 0 Å². The van der Waals surface area contributed by atoms with Crippen molar-refractivity contribution in [2.24, 2.45) is 11.3 Å². The summed E-state index contributed by atoms with van der Waals surface area (Å²) in [6, 6.07) is 5.31. The molecule has 21 heavy (non-hydrogen) atoms. The summed E-state index contributed by atoms with van der Waals surface area (Å²) in [6.45, 7) is 7.26. The van der Waals surface area contributed by atoms with Crippen molar-refractivity contribution < 1.29 is 9.66 Å². The Morgan fingerprint density at radius 2 is 2.19 bits per heavy atom. The van der Waals surface area contributed by atoms with Gasteiger partial charge in [0.2, 0.25) is 0 Å². The first-order chi connectivity index (χ1) is 9.91. The number of anilines is 1. The van der Waals surface area contributed by atoms with Crippen LogP contribution in [0.3, 0.4) is 0 Å². The minimum absolute atomic E-state index is 0.0577. The molecule has 0 amide bonds. The highest BCUT2D eigenvalue weighted by Gasteiger charge is 2.57. The Bertz CT molecular complexity index is 571. The number of nitrogens with one attached hydrogen (secondary N) is 1. The van der Waals surface area contributed by atoms with E-state index in [2.05, 4.69) is 19.2 Å². The van der Waals surface area contributed by atoms with Gasteiger partial charge in [0, 0.05) is 41.8 Å². The number of hydrogen-bond donors (Lipinski definition) is 1. The van der Waals surface area contributed by atoms with Crippen LogP contribution in [0.4, 0.5) is 11.4 Å². The smallest absolute Gasteiger partial charge is 0.271 e. The lowest BCUT2D eigenvalue weighted by Crippen LogP contribution is -2.67. The monoisotopic (exact) mass is 290 g/mol. The molecule has 1 saturated heterocycles. The molecule has 1 aromatic rings. The van der Waals surface area contributed by atoms with Gasteiger partial charge < -0.3 is 10.1 Å². The Morgan fingerprint density at radius 3 is 2.90 bits per heavy atom. The number of nitrogens with zero attached hydrogens (tertiary/aromatic N) is 1. The van der Waals surface area contributed by atoms with Gasteiger partial charge in [-0.25, -0.2) is 0 Å². The van der Waals surface area contributed by atoms with Gasteiger partial charge in [-0.1, -0.05) is 19.9 Å². The van der Waals surface area contributed by atoms with Gasteiger partial charge in [0.05, 0.1) is 11.0 Å². The first-order valence-corrected chi connectivity index (χ1v) is 7.54. The topological polar surface area (TPSA) is 64.4 Å². The number of ether oxygens (including phenoxy) is 1. The van der Waals surface area contributed by atoms with Crippen LogP contribution in [0.2, 0.25) is 0 Å². The van der Waals surface area contributed by atoms with Crippen molar-refractivity contribution in [3.63, 3.8) is 0 Å². The predicted octanol–water partition coefficient (Wildman–Crippen LogP) is 3.52. The van der Waals surface area contributed by atoms with Crippen molar-refractivity contribution in [3.8, 4) is 0 Å². The number of nitro benzene ring substituents is 1. The Kier molecular flexibility index (Phi) is 3.40. The Morgan fingerprint density at radius 1 is 1.43 bits per heavy atom. The lowest BCUT2D eigenvalue weighted by atomic mass is 9.55. The maximum Gasteiger partial charge on any atom is 0.271 e. The van der Waals surface area contributed by atoms with E-state index in [4.69, 9.17) is 4.74 Å². The lowest BCUT2D eigenvalue weighted by molar-refractivity contribution is -0.384. The quantitative estimate of drug-likeness (QED) is 0.683. The van der Waals surface area contributed by atoms with Gasteiger partial charge in [-0.05, 0) is 25.3 Å². The Balaban J connectivity index is 1.83. The highest BCUT2D eigenvalue weighted by molar-refractivity contribution is 5.58. The third-order valence-electron chi connectivity index (χ3n) is 5.07. The van der Waals surface area contributed by atoms with Crippen LogP contribution in [-0.2, 0) is 4.74 Å². The fraction of sp³-hybridized carbons (Fsp3) is 0.625. The number of nitro groups is 1. The molecule has 0 aromatic heterocycles. The van der Waals surface area contributed by atoms with E-state index in [-0.39, 0.29) is 16.0 Å². The van der Waals surface area contributed by atoms with E-state index in [1.807, 2.05) is 6.92 Å². The minimum atomic E-state index is -0.344. The van der Waals surface area contributed by atoms with Crippen LogP contribution in [0.15, 0.2) is 18.2 Å². The minimum Gasteiger partial charge on any atom is -0.381 e. The average molecular weight is 290 g/mol. The molecular weight excluding hydrogens is 268 g/mol. The summed E-state index contributed by atoms with van der Waals surface area (Å²) >= 11 is 0. The molecule has 2 fully saturated rings. The third kappa shape index (κ3) is 2.29. The normalized spacial score (nSPS) is 30.1. The molecule has 3 atom stereocenters. The molecule has 1 heterocycles. The van der Waals surface area contributed by atoms with E-state index in [1.165, 1.54) is 6.42 Å². The molecule has 1 aliphatic heterocycles. The zero-order valence-electron chi connectivity index (χ0n) is 12.8. The molecule has 1 saturated carbocycles. The van der Waals surface area contributed by atoms with E-state index < -0.39 is 0 Å². The van der Waals surface area contributed by atoms with E-state index in [1.54, 1.807) is 18.2 Å². The van der Waals surface area contributed by atoms with Crippen LogP contribution in [0, 0.1) is 28.4 Å². The van der Waals surface area contributed by atoms with Gasteiger partial charge in [-0.3, -0.25) is 10.1 Å². The van der Waals surface area contributed by atoms with Crippen molar-refractivity contribution in [3.05, 3.63) is 33.9 Å². The second-order valence-electron chi connectivity index (χ2n) is 6.80. The summed E-state index contributed by atoms with van der Waals surface area (Å²) in [5.74, 6) is 0.507. The molecule has 0 radical (unpaired) electrons. The standard InChI is InChI=1S/C16H22N2O3/c1-10-6-7-11(18(19)20)9-13(10)17-14-12-5-4-8-21-15(12)16(14,2)3/h6-7,9,12,14-15,17H,4-5,8H2,1-3H3. The van der Waals surface area contributed by atoms with Gasteiger partial charge in [0.15, 0.2) is 0 Å². The first kappa shape index (κ1) is 14.3. The van der Waals surface area contributed by atoms with Crippen LogP contribution < -0.4 is 5.32 Å². The highest BCUT2D eigenvalue weighted by atomic mass is 16.6. The molecule has 5 heteroatoms. The van der Waals surface area contributed by atoms with Crippen LogP contribution in [0.25, 0.3) is 0 Å². The van der Waals surface area contributed by atoms with Crippen LogP contribution in [0.1, 0.15) is 32.3 Å². The summed E-state index contributed by atoms with van der Waals surface area (Å²) < 4.78 is 5.90. The lowest BCUT2D eigenvalue weighted by Gasteiger charge is -2.60. The van der Waals surface area contributed by atoms with E-state index >= 15 is 0 Å². The highest BCUT2D eigenvalue weighted by Crippen LogP contribution is 2.52. The second-order valence-corrected chi connectivity index (χ2v) is 6.80. The number of non-ortho nitro benzene ring substituents is 1. The average Bonchev–Trinajstić information content (AvgIpc) is 2.46. The molecule has 3 unspecified atom stereocenters. The molecular formula is C16H22N2O3. The Hall–Kier alpha value is -1.62. The summed E-state index contributed by atoms with van der Waals surface area (Å²) in [4.78, 5) is 10.6. The van der Waals surface area contributed by atoms with Gasteiger partial charge in [-0.2, -0.15) is 0 Å². The SMILES string of the molecule is Cc1ccc([N+](=O)[O-])cc1NC1C2CCCOC2C1(C)C. The molecule has 1 aromatic carbocycles. The largest absolute Gasteiger partial charge is 0.381 e. The van der Waals surface area contributed by atoms with E-state index in [9.17, 15) is 10.1 Å². The molecule has 5 nitrogen and oxygen atoms in total. The summed E-state index contributed by atoms with van der Waals surface area (Å²) in [7, 11) is 0. The van der Waals surface area contributed by atoms with Gasteiger partial charge in [0.25, 0.3) is 5.69 Å². The zero-order chi connectivity index (χ0) is 15.2. The second kappa shape index (κ2) is 4.98. The molecule has 3 rings (SSSR count). The van der Waals surface area contributed by atoms with E-state index in [0.717, 1.165) is 24.3 Å². The molecule has 1 N–H and O–H groups in total. The van der Waals surface area contributed by atoms with Crippen molar-refractivity contribution in [1.82, 2.24) is 0 Å². The maximum atomic E-state index is 10.9. The van der Waals surface area contributed by atoms with Crippen molar-refractivity contribution in [2.75, 3.05) is 11.9 Å². The first-order valence-electron chi connectivity index (χ1n) is 7.54. The summed E-state index contributed by atoms with van der Waals surface area (Å²) in [5.41, 5.74) is 2.10. The number of fused-ring (bicyclic) bond motifs is 1. The maximum absolute atomic E-state index is 10.9. The molecule has 114 valence electrons. The van der Waals surface area contributed by atoms with Crippen molar-refractivity contribution in [1.29, 1.82) is 0 Å². The summed E-state index contributed by atoms with van der Waals surface area (Å²) in [6.07, 6.45) is 2.58. The zero-order valence-corrected chi connectivity index (χ0v) is 12.8. The van der Waals surface area contributed by atoms with Gasteiger partial charge in [0.1, 0.15) is 0 Å². The third-order valence-corrected chi connectivity index (χ3v) is 5.07. The predicted molar refractivity (Wildman–Crippen MR) is 81.5 cm³/mol. The summed E-state index contributed by atoms with van der Waals surface area (Å²) in [5, 5.41) is 14.5. The van der Waals surface area contributed by atoms with Crippen LogP contribution in [0.5, 0.6) is 0 Å². The van der Waals surface area contributed by atoms with Gasteiger partial charge >= 0.3 is 0 Å². The van der Waals surface area contributed by atoms with Crippen molar-refractivity contribution >= 4 is 11.4 Å². The number of benzene rings is 1. The number of aryl methyl sites for hydroxylation is 1. The fourth-order valence-electron chi connectivity index (χ4n) is 3.86. The molecule has 2 aliphatic rings. The molecule has 1 aliphatic carbocycles. The Labute approximate surface area is 124 Å². The van der Waals surface area contributed by atoms with E-state index in [0.29, 0.717) is 18.1 Å². The van der Waals surface area contributed by atoms with Gasteiger partial charge in [-0.15, -0.1) is 0 Å². The molecule has 0 bridgehead atoms. The molecule has 0 spiro atoms. The fourth-order valence-corrected chi connectivity index (χ4v) is 3.86. The van der Waals surface area contributed by atoms with Crippen molar-refractivity contribution in [2.45, 2.75) is 45.8 Å².